The summed E-state index contributed by atoms with van der Waals surface area (Å²) < 4.78 is 16.2. The SMILES string of the molecule is C=C1[C@@H](n2cnc3c(C)ncnc32)C[C@H](O)[C@]1(F)CO. The Morgan fingerprint density at radius 3 is 2.90 bits per heavy atom. The normalized spacial score (nSPS) is 30.3. The molecule has 0 unspecified atom stereocenters. The number of hydrogen-bond donors (Lipinski definition) is 2. The molecule has 1 aliphatic rings. The van der Waals surface area contributed by atoms with Gasteiger partial charge in [0.05, 0.1) is 30.8 Å². The summed E-state index contributed by atoms with van der Waals surface area (Å²) in [6.45, 7) is 4.73. The molecule has 2 aromatic rings. The molecular formula is C13H15FN4O2. The Hall–Kier alpha value is -1.86. The van der Waals surface area contributed by atoms with Gasteiger partial charge in [-0.3, -0.25) is 0 Å². The molecule has 6 nitrogen and oxygen atoms in total. The highest BCUT2D eigenvalue weighted by atomic mass is 19.1. The first-order chi connectivity index (χ1) is 9.49. The molecule has 0 radical (unpaired) electrons. The summed E-state index contributed by atoms with van der Waals surface area (Å²) in [5.74, 6) is 0. The molecule has 1 fully saturated rings. The molecule has 0 bridgehead atoms. The highest BCUT2D eigenvalue weighted by molar-refractivity contribution is 5.73. The van der Waals surface area contributed by atoms with E-state index in [2.05, 4.69) is 21.5 Å². The average molecular weight is 278 g/mol. The molecule has 0 aliphatic heterocycles. The first-order valence-electron chi connectivity index (χ1n) is 6.30. The first kappa shape index (κ1) is 13.1. The van der Waals surface area contributed by atoms with Crippen LogP contribution in [0.4, 0.5) is 4.39 Å². The number of nitrogens with zero attached hydrogens (tertiary/aromatic N) is 4. The van der Waals surface area contributed by atoms with E-state index in [4.69, 9.17) is 0 Å². The zero-order valence-corrected chi connectivity index (χ0v) is 11.0. The lowest BCUT2D eigenvalue weighted by Crippen LogP contribution is -2.37. The van der Waals surface area contributed by atoms with E-state index >= 15 is 0 Å². The molecule has 7 heteroatoms. The third kappa shape index (κ3) is 1.60. The molecule has 3 atom stereocenters. The van der Waals surface area contributed by atoms with E-state index in [0.29, 0.717) is 11.2 Å². The van der Waals surface area contributed by atoms with Gasteiger partial charge in [-0.15, -0.1) is 0 Å². The van der Waals surface area contributed by atoms with Gasteiger partial charge in [0.1, 0.15) is 11.8 Å². The molecule has 0 amide bonds. The van der Waals surface area contributed by atoms with Gasteiger partial charge in [0.2, 0.25) is 0 Å². The number of aromatic nitrogens is 4. The van der Waals surface area contributed by atoms with Crippen molar-refractivity contribution in [2.24, 2.45) is 0 Å². The molecule has 20 heavy (non-hydrogen) atoms. The Balaban J connectivity index is 2.09. The second-order valence-electron chi connectivity index (χ2n) is 5.10. The summed E-state index contributed by atoms with van der Waals surface area (Å²) in [5.41, 5.74) is -0.105. The second-order valence-corrected chi connectivity index (χ2v) is 5.10. The molecule has 1 saturated carbocycles. The molecule has 0 spiro atoms. The summed E-state index contributed by atoms with van der Waals surface area (Å²) in [6, 6.07) is -0.485. The van der Waals surface area contributed by atoms with Gasteiger partial charge in [0.15, 0.2) is 11.3 Å². The molecule has 0 saturated heterocycles. The van der Waals surface area contributed by atoms with E-state index in [-0.39, 0.29) is 12.0 Å². The van der Waals surface area contributed by atoms with Gasteiger partial charge < -0.3 is 14.8 Å². The number of halogens is 1. The largest absolute Gasteiger partial charge is 0.393 e. The van der Waals surface area contributed by atoms with Crippen molar-refractivity contribution in [3.8, 4) is 0 Å². The maximum Gasteiger partial charge on any atom is 0.182 e. The first-order valence-corrected chi connectivity index (χ1v) is 6.30. The second kappa shape index (κ2) is 4.32. The number of hydrogen-bond acceptors (Lipinski definition) is 5. The van der Waals surface area contributed by atoms with Crippen molar-refractivity contribution in [1.29, 1.82) is 0 Å². The fraction of sp³-hybridized carbons (Fsp3) is 0.462. The molecule has 2 aromatic heterocycles. The van der Waals surface area contributed by atoms with Crippen LogP contribution in [-0.2, 0) is 0 Å². The van der Waals surface area contributed by atoms with Crippen molar-refractivity contribution < 1.29 is 14.6 Å². The number of aliphatic hydroxyl groups is 2. The van der Waals surface area contributed by atoms with E-state index in [1.807, 2.05) is 6.92 Å². The fourth-order valence-electron chi connectivity index (χ4n) is 2.72. The summed E-state index contributed by atoms with van der Waals surface area (Å²) in [7, 11) is 0. The molecule has 106 valence electrons. The molecule has 3 rings (SSSR count). The van der Waals surface area contributed by atoms with Crippen LogP contribution in [0.25, 0.3) is 11.2 Å². The van der Waals surface area contributed by atoms with Crippen LogP contribution in [0.2, 0.25) is 0 Å². The Kier molecular flexibility index (Phi) is 2.84. The zero-order chi connectivity index (χ0) is 14.5. The van der Waals surface area contributed by atoms with E-state index in [1.165, 1.54) is 12.7 Å². The van der Waals surface area contributed by atoms with E-state index in [9.17, 15) is 14.6 Å². The lowest BCUT2D eigenvalue weighted by atomic mass is 9.99. The Labute approximate surface area is 114 Å². The lowest BCUT2D eigenvalue weighted by Gasteiger charge is -2.22. The van der Waals surface area contributed by atoms with E-state index < -0.39 is 24.4 Å². The molecule has 2 N–H and O–H groups in total. The van der Waals surface area contributed by atoms with Gasteiger partial charge in [-0.25, -0.2) is 19.3 Å². The Bertz CT molecular complexity index is 686. The highest BCUT2D eigenvalue weighted by Crippen LogP contribution is 2.45. The third-order valence-corrected chi connectivity index (χ3v) is 4.02. The average Bonchev–Trinajstić information content (AvgIpc) is 2.95. The van der Waals surface area contributed by atoms with Crippen molar-refractivity contribution in [2.75, 3.05) is 6.61 Å². The number of aryl methyl sites for hydroxylation is 1. The van der Waals surface area contributed by atoms with Crippen LogP contribution in [0.3, 0.4) is 0 Å². The van der Waals surface area contributed by atoms with Crippen LogP contribution < -0.4 is 0 Å². The van der Waals surface area contributed by atoms with Gasteiger partial charge >= 0.3 is 0 Å². The van der Waals surface area contributed by atoms with Crippen LogP contribution >= 0.6 is 0 Å². The Morgan fingerprint density at radius 1 is 1.50 bits per heavy atom. The minimum Gasteiger partial charge on any atom is -0.393 e. The van der Waals surface area contributed by atoms with Crippen molar-refractivity contribution in [3.05, 3.63) is 30.5 Å². The van der Waals surface area contributed by atoms with Gasteiger partial charge in [0, 0.05) is 6.42 Å². The lowest BCUT2D eigenvalue weighted by molar-refractivity contribution is -0.00222. The maximum atomic E-state index is 14.5. The van der Waals surface area contributed by atoms with Crippen molar-refractivity contribution in [1.82, 2.24) is 19.5 Å². The number of imidazole rings is 1. The summed E-state index contributed by atoms with van der Waals surface area (Å²) in [4.78, 5) is 12.4. The molecule has 2 heterocycles. The van der Waals surface area contributed by atoms with Crippen LogP contribution in [-0.4, -0.2) is 48.1 Å². The Morgan fingerprint density at radius 2 is 2.25 bits per heavy atom. The number of aliphatic hydroxyl groups excluding tert-OH is 2. The van der Waals surface area contributed by atoms with Crippen molar-refractivity contribution >= 4 is 11.2 Å². The summed E-state index contributed by atoms with van der Waals surface area (Å²) in [5, 5.41) is 19.0. The quantitative estimate of drug-likeness (QED) is 0.790. The van der Waals surface area contributed by atoms with E-state index in [1.54, 1.807) is 4.57 Å². The minimum atomic E-state index is -2.18. The number of rotatable bonds is 2. The predicted molar refractivity (Wildman–Crippen MR) is 69.8 cm³/mol. The fourth-order valence-corrected chi connectivity index (χ4v) is 2.72. The van der Waals surface area contributed by atoms with Gasteiger partial charge in [-0.1, -0.05) is 6.58 Å². The number of alkyl halides is 1. The standard InChI is InChI=1S/C13H15FN4O2/c1-7-9(3-10(20)13(7,14)4-19)18-6-17-11-8(2)15-5-16-12(11)18/h5-6,9-10,19-20H,1,3-4H2,2H3/t9-,10-,13-/m0/s1. The molecular weight excluding hydrogens is 263 g/mol. The molecule has 0 aromatic carbocycles. The van der Waals surface area contributed by atoms with Gasteiger partial charge in [-0.05, 0) is 12.5 Å². The third-order valence-electron chi connectivity index (χ3n) is 4.02. The van der Waals surface area contributed by atoms with Crippen LogP contribution in [0.15, 0.2) is 24.8 Å². The predicted octanol–water partition coefficient (Wildman–Crippen LogP) is 0.697. The summed E-state index contributed by atoms with van der Waals surface area (Å²) >= 11 is 0. The van der Waals surface area contributed by atoms with Crippen LogP contribution in [0.5, 0.6) is 0 Å². The molecule has 1 aliphatic carbocycles. The maximum absolute atomic E-state index is 14.5. The van der Waals surface area contributed by atoms with Crippen molar-refractivity contribution in [3.63, 3.8) is 0 Å². The van der Waals surface area contributed by atoms with E-state index in [0.717, 1.165) is 5.69 Å². The minimum absolute atomic E-state index is 0.129. The highest BCUT2D eigenvalue weighted by Gasteiger charge is 2.51. The van der Waals surface area contributed by atoms with Gasteiger partial charge in [-0.2, -0.15) is 0 Å². The zero-order valence-electron chi connectivity index (χ0n) is 11.0. The summed E-state index contributed by atoms with van der Waals surface area (Å²) in [6.07, 6.45) is 1.80. The number of fused-ring (bicyclic) bond motifs is 1. The van der Waals surface area contributed by atoms with Crippen LogP contribution in [0, 0.1) is 6.92 Å². The van der Waals surface area contributed by atoms with Gasteiger partial charge in [0.25, 0.3) is 0 Å². The topological polar surface area (TPSA) is 84.1 Å². The van der Waals surface area contributed by atoms with Crippen LogP contribution in [0.1, 0.15) is 18.2 Å². The monoisotopic (exact) mass is 278 g/mol. The van der Waals surface area contributed by atoms with Crippen molar-refractivity contribution in [2.45, 2.75) is 31.2 Å². The smallest absolute Gasteiger partial charge is 0.182 e.